The molecule has 0 fully saturated rings. The topological polar surface area (TPSA) is 142 Å². The fraction of sp³-hybridized carbons (Fsp3) is 0. The van der Waals surface area contributed by atoms with Gasteiger partial charge in [0.2, 0.25) is 0 Å². The molecule has 7 nitrogen and oxygen atoms in total. The summed E-state index contributed by atoms with van der Waals surface area (Å²) in [4.78, 5) is 0. The summed E-state index contributed by atoms with van der Waals surface area (Å²) in [6, 6.07) is 4.72. The normalized spacial score (nSPS) is 10.3. The molecule has 2 rings (SSSR count). The van der Waals surface area contributed by atoms with E-state index in [9.17, 15) is 20.4 Å². The minimum absolute atomic E-state index is 0.0766. The average molecular weight is 264 g/mol. The van der Waals surface area contributed by atoms with Crippen LogP contribution in [-0.4, -0.2) is 20.4 Å². The van der Waals surface area contributed by atoms with Gasteiger partial charge in [-0.05, 0) is 0 Å². The zero-order valence-electron chi connectivity index (χ0n) is 9.66. The molecule has 0 amide bonds. The number of benzene rings is 2. The maximum absolute atomic E-state index is 9.43. The van der Waals surface area contributed by atoms with E-state index in [1.54, 1.807) is 0 Å². The molecule has 0 unspecified atom stereocenters. The number of rotatable bonds is 2. The molecular formula is C12H12N2O5. The maximum Gasteiger partial charge on any atom is 0.146 e. The molecule has 8 N–H and O–H groups in total. The molecule has 2 aromatic rings. The van der Waals surface area contributed by atoms with Gasteiger partial charge in [-0.2, -0.15) is 0 Å². The number of hydrogen-bond acceptors (Lipinski definition) is 7. The highest BCUT2D eigenvalue weighted by Gasteiger charge is 2.11. The second-order valence-electron chi connectivity index (χ2n) is 3.85. The molecule has 0 radical (unpaired) electrons. The van der Waals surface area contributed by atoms with Crippen LogP contribution in [0.15, 0.2) is 24.3 Å². The summed E-state index contributed by atoms with van der Waals surface area (Å²) in [6.07, 6.45) is 0. The number of phenolic OH excluding ortho intramolecular Hbond substituents is 4. The Morgan fingerprint density at radius 2 is 0.895 bits per heavy atom. The van der Waals surface area contributed by atoms with Gasteiger partial charge in [-0.15, -0.1) is 0 Å². The summed E-state index contributed by atoms with van der Waals surface area (Å²) in [6.45, 7) is 0. The van der Waals surface area contributed by atoms with Crippen LogP contribution in [0.25, 0.3) is 0 Å². The molecular weight excluding hydrogens is 252 g/mol. The molecule has 0 saturated heterocycles. The Hall–Kier alpha value is -2.96. The number of aromatic hydroxyl groups is 4. The third-order valence-corrected chi connectivity index (χ3v) is 2.46. The maximum atomic E-state index is 9.43. The first-order valence-corrected chi connectivity index (χ1v) is 5.19. The predicted octanol–water partition coefficient (Wildman–Crippen LogP) is 1.47. The molecule has 0 atom stereocenters. The van der Waals surface area contributed by atoms with Gasteiger partial charge in [-0.3, -0.25) is 0 Å². The van der Waals surface area contributed by atoms with Gasteiger partial charge < -0.3 is 36.6 Å². The summed E-state index contributed by atoms with van der Waals surface area (Å²) in [5.41, 5.74) is 10.4. The van der Waals surface area contributed by atoms with E-state index in [0.29, 0.717) is 0 Å². The monoisotopic (exact) mass is 264 g/mol. The molecule has 0 saturated carbocycles. The molecule has 0 spiro atoms. The van der Waals surface area contributed by atoms with Crippen LogP contribution in [0.5, 0.6) is 34.5 Å². The van der Waals surface area contributed by atoms with Crippen LogP contribution in [0.2, 0.25) is 0 Å². The van der Waals surface area contributed by atoms with E-state index in [2.05, 4.69) is 0 Å². The highest BCUT2D eigenvalue weighted by Crippen LogP contribution is 2.39. The van der Waals surface area contributed by atoms with Crippen molar-refractivity contribution in [2.75, 3.05) is 11.5 Å². The van der Waals surface area contributed by atoms with Gasteiger partial charge in [-0.1, -0.05) is 0 Å². The molecule has 0 heterocycles. The zero-order chi connectivity index (χ0) is 14.2. The predicted molar refractivity (Wildman–Crippen MR) is 68.4 cm³/mol. The SMILES string of the molecule is Nc1c(O)cc(Oc2cc(O)c(N)c(O)c2)cc1O. The number of nitrogens with two attached hydrogens (primary N) is 2. The van der Waals surface area contributed by atoms with Crippen molar-refractivity contribution in [2.24, 2.45) is 0 Å². The number of anilines is 2. The van der Waals surface area contributed by atoms with Crippen molar-refractivity contribution in [3.63, 3.8) is 0 Å². The standard InChI is InChI=1S/C12H12N2O5/c13-11-7(15)1-5(2-8(11)16)19-6-3-9(17)12(14)10(18)4-6/h1-4,15-18H,13-14H2. The quantitative estimate of drug-likeness (QED) is 0.356. The first kappa shape index (κ1) is 12.5. The van der Waals surface area contributed by atoms with E-state index < -0.39 is 0 Å². The van der Waals surface area contributed by atoms with Gasteiger partial charge in [0.15, 0.2) is 0 Å². The molecule has 0 aliphatic rings. The van der Waals surface area contributed by atoms with E-state index in [4.69, 9.17) is 16.2 Å². The number of hydrogen-bond donors (Lipinski definition) is 6. The number of ether oxygens (including phenoxy) is 1. The van der Waals surface area contributed by atoms with Crippen LogP contribution < -0.4 is 16.2 Å². The van der Waals surface area contributed by atoms with E-state index in [-0.39, 0.29) is 45.9 Å². The summed E-state index contributed by atoms with van der Waals surface area (Å²) in [5, 5.41) is 37.7. The largest absolute Gasteiger partial charge is 0.506 e. The molecule has 2 aromatic carbocycles. The van der Waals surface area contributed by atoms with Crippen molar-refractivity contribution in [3.05, 3.63) is 24.3 Å². The Balaban J connectivity index is 2.36. The first-order valence-electron chi connectivity index (χ1n) is 5.19. The van der Waals surface area contributed by atoms with Crippen molar-refractivity contribution in [1.82, 2.24) is 0 Å². The lowest BCUT2D eigenvalue weighted by molar-refractivity contribution is 0.424. The Labute approximate surface area is 107 Å². The van der Waals surface area contributed by atoms with Crippen LogP contribution in [0.1, 0.15) is 0 Å². The Kier molecular flexibility index (Phi) is 2.88. The fourth-order valence-corrected chi connectivity index (χ4v) is 1.45. The van der Waals surface area contributed by atoms with E-state index in [1.807, 2.05) is 0 Å². The first-order chi connectivity index (χ1) is 8.88. The van der Waals surface area contributed by atoms with E-state index >= 15 is 0 Å². The van der Waals surface area contributed by atoms with Crippen LogP contribution in [0.4, 0.5) is 11.4 Å². The molecule has 0 aliphatic heterocycles. The van der Waals surface area contributed by atoms with Crippen molar-refractivity contribution < 1.29 is 25.2 Å². The zero-order valence-corrected chi connectivity index (χ0v) is 9.66. The average Bonchev–Trinajstić information content (AvgIpc) is 2.33. The lowest BCUT2D eigenvalue weighted by atomic mass is 10.2. The molecule has 100 valence electrons. The van der Waals surface area contributed by atoms with Crippen LogP contribution in [0, 0.1) is 0 Å². The Morgan fingerprint density at radius 1 is 0.632 bits per heavy atom. The van der Waals surface area contributed by atoms with Gasteiger partial charge in [-0.25, -0.2) is 0 Å². The van der Waals surface area contributed by atoms with Crippen molar-refractivity contribution >= 4 is 11.4 Å². The fourth-order valence-electron chi connectivity index (χ4n) is 1.45. The van der Waals surface area contributed by atoms with E-state index in [0.717, 1.165) is 0 Å². The van der Waals surface area contributed by atoms with Crippen molar-refractivity contribution in [1.29, 1.82) is 0 Å². The molecule has 7 heteroatoms. The molecule has 0 bridgehead atoms. The minimum Gasteiger partial charge on any atom is -0.506 e. The third kappa shape index (κ3) is 2.34. The summed E-state index contributed by atoms with van der Waals surface area (Å²) in [7, 11) is 0. The third-order valence-electron chi connectivity index (χ3n) is 2.46. The molecule has 19 heavy (non-hydrogen) atoms. The molecule has 0 aliphatic carbocycles. The van der Waals surface area contributed by atoms with Crippen molar-refractivity contribution in [3.8, 4) is 34.5 Å². The highest BCUT2D eigenvalue weighted by atomic mass is 16.5. The second kappa shape index (κ2) is 4.37. The second-order valence-corrected chi connectivity index (χ2v) is 3.85. The van der Waals surface area contributed by atoms with Gasteiger partial charge in [0.05, 0.1) is 0 Å². The van der Waals surface area contributed by atoms with Gasteiger partial charge >= 0.3 is 0 Å². The number of nitrogen functional groups attached to an aromatic ring is 2. The smallest absolute Gasteiger partial charge is 0.146 e. The Morgan fingerprint density at radius 3 is 1.16 bits per heavy atom. The summed E-state index contributed by atoms with van der Waals surface area (Å²) in [5.74, 6) is -1.24. The lowest BCUT2D eigenvalue weighted by Gasteiger charge is -2.10. The minimum atomic E-state index is -0.348. The van der Waals surface area contributed by atoms with Crippen LogP contribution in [0.3, 0.4) is 0 Å². The van der Waals surface area contributed by atoms with Gasteiger partial charge in [0, 0.05) is 24.3 Å². The Bertz CT molecular complexity index is 541. The van der Waals surface area contributed by atoms with Crippen LogP contribution in [-0.2, 0) is 0 Å². The van der Waals surface area contributed by atoms with E-state index in [1.165, 1.54) is 24.3 Å². The highest BCUT2D eigenvalue weighted by molar-refractivity contribution is 5.66. The summed E-state index contributed by atoms with van der Waals surface area (Å²) >= 11 is 0. The van der Waals surface area contributed by atoms with Gasteiger partial charge in [0.1, 0.15) is 45.9 Å². The number of phenols is 4. The lowest BCUT2D eigenvalue weighted by Crippen LogP contribution is -1.91. The van der Waals surface area contributed by atoms with Gasteiger partial charge in [0.25, 0.3) is 0 Å². The van der Waals surface area contributed by atoms with Crippen molar-refractivity contribution in [2.45, 2.75) is 0 Å². The summed E-state index contributed by atoms with van der Waals surface area (Å²) < 4.78 is 5.26. The van der Waals surface area contributed by atoms with Crippen LogP contribution >= 0.6 is 0 Å². The molecule has 0 aromatic heterocycles.